The number of halogens is 1. The van der Waals surface area contributed by atoms with E-state index in [1.54, 1.807) is 17.4 Å². The van der Waals surface area contributed by atoms with Gasteiger partial charge in [-0.1, -0.05) is 30.3 Å². The molecule has 2 aromatic carbocycles. The number of hydrogen-bond donors (Lipinski definition) is 1. The van der Waals surface area contributed by atoms with E-state index < -0.39 is 5.82 Å². The van der Waals surface area contributed by atoms with Gasteiger partial charge < -0.3 is 5.32 Å². The zero-order valence-corrected chi connectivity index (χ0v) is 13.4. The van der Waals surface area contributed by atoms with Crippen molar-refractivity contribution in [2.24, 2.45) is 0 Å². The molecule has 0 radical (unpaired) electrons. The molecule has 1 aromatic heterocycles. The number of nitrogens with one attached hydrogen (secondary N) is 1. The van der Waals surface area contributed by atoms with Gasteiger partial charge in [0.25, 0.3) is 5.91 Å². The lowest BCUT2D eigenvalue weighted by Gasteiger charge is -2.09. The Balaban J connectivity index is 1.77. The molecule has 23 heavy (non-hydrogen) atoms. The van der Waals surface area contributed by atoms with E-state index >= 15 is 0 Å². The van der Waals surface area contributed by atoms with Crippen molar-refractivity contribution in [3.8, 4) is 10.6 Å². The van der Waals surface area contributed by atoms with Crippen molar-refractivity contribution >= 4 is 17.2 Å². The minimum absolute atomic E-state index is 0.297. The average Bonchev–Trinajstić information content (AvgIpc) is 2.99. The van der Waals surface area contributed by atoms with Crippen molar-refractivity contribution in [3.05, 3.63) is 76.5 Å². The van der Waals surface area contributed by atoms with Gasteiger partial charge in [-0.05, 0) is 30.7 Å². The molecule has 5 heteroatoms. The largest absolute Gasteiger partial charge is 0.348 e. The van der Waals surface area contributed by atoms with E-state index in [1.807, 2.05) is 36.6 Å². The zero-order chi connectivity index (χ0) is 16.2. The Morgan fingerprint density at radius 1 is 1.22 bits per heavy atom. The summed E-state index contributed by atoms with van der Waals surface area (Å²) in [6, 6.07) is 13.5. The summed E-state index contributed by atoms with van der Waals surface area (Å²) in [6.07, 6.45) is 0. The standard InChI is InChI=1S/C18H15FN2OS/c1-12-11-23-18(21-12)16-8-3-2-5-14(16)10-20-17(22)13-6-4-7-15(19)9-13/h2-9,11H,10H2,1H3,(H,20,22). The van der Waals surface area contributed by atoms with Crippen molar-refractivity contribution < 1.29 is 9.18 Å². The van der Waals surface area contributed by atoms with Crippen molar-refractivity contribution in [2.45, 2.75) is 13.5 Å². The van der Waals surface area contributed by atoms with Crippen LogP contribution < -0.4 is 5.32 Å². The molecule has 0 saturated carbocycles. The fraction of sp³-hybridized carbons (Fsp3) is 0.111. The molecule has 0 unspecified atom stereocenters. The summed E-state index contributed by atoms with van der Waals surface area (Å²) in [4.78, 5) is 16.6. The molecule has 0 aliphatic heterocycles. The van der Waals surface area contributed by atoms with Gasteiger partial charge in [-0.25, -0.2) is 9.37 Å². The normalized spacial score (nSPS) is 10.5. The Labute approximate surface area is 137 Å². The Bertz CT molecular complexity index is 844. The van der Waals surface area contributed by atoms with Crippen molar-refractivity contribution in [1.29, 1.82) is 0 Å². The van der Waals surface area contributed by atoms with E-state index in [0.29, 0.717) is 12.1 Å². The van der Waals surface area contributed by atoms with Crippen LogP contribution in [-0.4, -0.2) is 10.9 Å². The Hall–Kier alpha value is -2.53. The third-order valence-electron chi connectivity index (χ3n) is 3.39. The molecule has 0 aliphatic carbocycles. The predicted molar refractivity (Wildman–Crippen MR) is 89.9 cm³/mol. The molecule has 0 saturated heterocycles. The van der Waals surface area contributed by atoms with Gasteiger partial charge >= 0.3 is 0 Å². The van der Waals surface area contributed by atoms with E-state index in [-0.39, 0.29) is 5.91 Å². The first-order chi connectivity index (χ1) is 11.1. The van der Waals surface area contributed by atoms with Crippen LogP contribution >= 0.6 is 11.3 Å². The smallest absolute Gasteiger partial charge is 0.251 e. The molecule has 1 amide bonds. The number of amides is 1. The van der Waals surface area contributed by atoms with Gasteiger partial charge in [-0.15, -0.1) is 11.3 Å². The van der Waals surface area contributed by atoms with Crippen LogP contribution in [0.25, 0.3) is 10.6 Å². The molecular weight excluding hydrogens is 311 g/mol. The topological polar surface area (TPSA) is 42.0 Å². The number of nitrogens with zero attached hydrogens (tertiary/aromatic N) is 1. The second kappa shape index (κ2) is 6.71. The highest BCUT2D eigenvalue weighted by Crippen LogP contribution is 2.26. The van der Waals surface area contributed by atoms with Crippen LogP contribution in [0, 0.1) is 12.7 Å². The maximum atomic E-state index is 13.2. The number of carbonyl (C=O) groups is 1. The lowest BCUT2D eigenvalue weighted by Crippen LogP contribution is -2.23. The molecular formula is C18H15FN2OS. The third kappa shape index (κ3) is 3.63. The van der Waals surface area contributed by atoms with Crippen molar-refractivity contribution in [2.75, 3.05) is 0 Å². The molecule has 0 aliphatic rings. The number of hydrogen-bond acceptors (Lipinski definition) is 3. The summed E-state index contributed by atoms with van der Waals surface area (Å²) in [5.74, 6) is -0.717. The zero-order valence-electron chi connectivity index (χ0n) is 12.5. The number of benzene rings is 2. The highest BCUT2D eigenvalue weighted by Gasteiger charge is 2.10. The lowest BCUT2D eigenvalue weighted by molar-refractivity contribution is 0.0950. The molecule has 3 rings (SSSR count). The van der Waals surface area contributed by atoms with Gasteiger partial charge in [0.1, 0.15) is 10.8 Å². The van der Waals surface area contributed by atoms with Crippen LogP contribution in [0.5, 0.6) is 0 Å². The van der Waals surface area contributed by atoms with Crippen LogP contribution in [0.15, 0.2) is 53.9 Å². The number of rotatable bonds is 4. The predicted octanol–water partition coefficient (Wildman–Crippen LogP) is 4.19. The molecule has 3 aromatic rings. The summed E-state index contributed by atoms with van der Waals surface area (Å²) < 4.78 is 13.2. The molecule has 3 nitrogen and oxygen atoms in total. The summed E-state index contributed by atoms with van der Waals surface area (Å²) in [5.41, 5.74) is 3.27. The fourth-order valence-corrected chi connectivity index (χ4v) is 3.13. The minimum atomic E-state index is -0.420. The molecule has 0 atom stereocenters. The van der Waals surface area contributed by atoms with Crippen LogP contribution in [-0.2, 0) is 6.54 Å². The second-order valence-electron chi connectivity index (χ2n) is 5.14. The average molecular weight is 326 g/mol. The molecule has 0 spiro atoms. The molecule has 1 heterocycles. The number of carbonyl (C=O) groups excluding carboxylic acids is 1. The first kappa shape index (κ1) is 15.4. The maximum absolute atomic E-state index is 13.2. The van der Waals surface area contributed by atoms with Crippen molar-refractivity contribution in [3.63, 3.8) is 0 Å². The third-order valence-corrected chi connectivity index (χ3v) is 4.39. The van der Waals surface area contributed by atoms with Gasteiger partial charge in [-0.2, -0.15) is 0 Å². The maximum Gasteiger partial charge on any atom is 0.251 e. The molecule has 116 valence electrons. The number of aryl methyl sites for hydroxylation is 1. The van der Waals surface area contributed by atoms with E-state index in [4.69, 9.17) is 0 Å². The fourth-order valence-electron chi connectivity index (χ4n) is 2.27. The quantitative estimate of drug-likeness (QED) is 0.781. The molecule has 0 fully saturated rings. The summed E-state index contributed by atoms with van der Waals surface area (Å²) in [5, 5.41) is 5.76. The van der Waals surface area contributed by atoms with Crippen LogP contribution in [0.1, 0.15) is 21.6 Å². The molecule has 1 N–H and O–H groups in total. The Morgan fingerprint density at radius 3 is 2.78 bits per heavy atom. The number of aromatic nitrogens is 1. The molecule has 0 bridgehead atoms. The van der Waals surface area contributed by atoms with Gasteiger partial charge in [0, 0.05) is 28.7 Å². The van der Waals surface area contributed by atoms with Crippen LogP contribution in [0.4, 0.5) is 4.39 Å². The minimum Gasteiger partial charge on any atom is -0.348 e. The summed E-state index contributed by atoms with van der Waals surface area (Å²) in [7, 11) is 0. The number of thiazole rings is 1. The van der Waals surface area contributed by atoms with E-state index in [2.05, 4.69) is 10.3 Å². The Kier molecular flexibility index (Phi) is 4.48. The van der Waals surface area contributed by atoms with E-state index in [0.717, 1.165) is 21.8 Å². The van der Waals surface area contributed by atoms with Crippen LogP contribution in [0.3, 0.4) is 0 Å². The van der Waals surface area contributed by atoms with Gasteiger partial charge in [-0.3, -0.25) is 4.79 Å². The first-order valence-corrected chi connectivity index (χ1v) is 8.05. The Morgan fingerprint density at radius 2 is 2.04 bits per heavy atom. The lowest BCUT2D eigenvalue weighted by atomic mass is 10.1. The van der Waals surface area contributed by atoms with Crippen LogP contribution in [0.2, 0.25) is 0 Å². The van der Waals surface area contributed by atoms with E-state index in [1.165, 1.54) is 18.2 Å². The highest BCUT2D eigenvalue weighted by molar-refractivity contribution is 7.13. The monoisotopic (exact) mass is 326 g/mol. The first-order valence-electron chi connectivity index (χ1n) is 7.17. The summed E-state index contributed by atoms with van der Waals surface area (Å²) >= 11 is 1.58. The van der Waals surface area contributed by atoms with Gasteiger partial charge in [0.05, 0.1) is 0 Å². The van der Waals surface area contributed by atoms with Gasteiger partial charge in [0.15, 0.2) is 0 Å². The van der Waals surface area contributed by atoms with Gasteiger partial charge in [0.2, 0.25) is 0 Å². The SMILES string of the molecule is Cc1csc(-c2ccccc2CNC(=O)c2cccc(F)c2)n1. The van der Waals surface area contributed by atoms with Crippen molar-refractivity contribution in [1.82, 2.24) is 10.3 Å². The second-order valence-corrected chi connectivity index (χ2v) is 6.00. The van der Waals surface area contributed by atoms with E-state index in [9.17, 15) is 9.18 Å². The summed E-state index contributed by atoms with van der Waals surface area (Å²) in [6.45, 7) is 2.32. The highest BCUT2D eigenvalue weighted by atomic mass is 32.1.